The van der Waals surface area contributed by atoms with Gasteiger partial charge in [-0.2, -0.15) is 0 Å². The highest BCUT2D eigenvalue weighted by atomic mass is 16.6. The van der Waals surface area contributed by atoms with Crippen LogP contribution in [0.1, 0.15) is 13.8 Å². The van der Waals surface area contributed by atoms with E-state index in [0.29, 0.717) is 0 Å². The Morgan fingerprint density at radius 3 is 2.57 bits per heavy atom. The number of methoxy groups -OCH3 is 1. The molecule has 0 saturated carbocycles. The largest absolute Gasteiger partial charge is 0.467 e. The van der Waals surface area contributed by atoms with Crippen molar-refractivity contribution in [3.8, 4) is 0 Å². The van der Waals surface area contributed by atoms with E-state index in [4.69, 9.17) is 4.74 Å². The Morgan fingerprint density at radius 2 is 2.14 bits per heavy atom. The summed E-state index contributed by atoms with van der Waals surface area (Å²) in [6.07, 6.45) is -0.890. The molecule has 1 heterocycles. The molecule has 0 bridgehead atoms. The van der Waals surface area contributed by atoms with Crippen LogP contribution in [0.4, 0.5) is 4.79 Å². The van der Waals surface area contributed by atoms with Crippen LogP contribution in [-0.2, 0) is 14.3 Å². The second-order valence-corrected chi connectivity index (χ2v) is 3.67. The maximum atomic E-state index is 11.4. The number of ether oxygens (including phenoxy) is 2. The normalized spacial score (nSPS) is 26.6. The van der Waals surface area contributed by atoms with Gasteiger partial charge in [-0.15, -0.1) is 0 Å². The minimum absolute atomic E-state index is 0.0907. The van der Waals surface area contributed by atoms with Crippen molar-refractivity contribution in [3.63, 3.8) is 0 Å². The number of hydrogen-bond acceptors (Lipinski definition) is 4. The lowest BCUT2D eigenvalue weighted by Crippen LogP contribution is -2.43. The fraction of sp³-hybridized carbons (Fsp3) is 0.778. The number of cyclic esters (lactones) is 1. The lowest BCUT2D eigenvalue weighted by Gasteiger charge is -2.20. The van der Waals surface area contributed by atoms with Crippen molar-refractivity contribution in [3.05, 3.63) is 0 Å². The topological polar surface area (TPSA) is 55.8 Å². The average Bonchev–Trinajstić information content (AvgIpc) is 2.43. The van der Waals surface area contributed by atoms with Crippen molar-refractivity contribution < 1.29 is 19.1 Å². The van der Waals surface area contributed by atoms with E-state index in [-0.39, 0.29) is 5.92 Å². The van der Waals surface area contributed by atoms with Gasteiger partial charge in [0.15, 0.2) is 6.04 Å². The summed E-state index contributed by atoms with van der Waals surface area (Å²) in [5.41, 5.74) is 0. The minimum atomic E-state index is -0.618. The van der Waals surface area contributed by atoms with Gasteiger partial charge in [0.1, 0.15) is 6.10 Å². The van der Waals surface area contributed by atoms with E-state index in [0.717, 1.165) is 0 Å². The SMILES string of the molecule is COC(=O)C1C(C(C)C)OC(=O)N1C. The number of esters is 1. The van der Waals surface area contributed by atoms with E-state index in [1.165, 1.54) is 19.1 Å². The third-order valence-electron chi connectivity index (χ3n) is 2.35. The first kappa shape index (κ1) is 10.8. The molecule has 0 aromatic rings. The Labute approximate surface area is 83.0 Å². The fourth-order valence-corrected chi connectivity index (χ4v) is 1.51. The van der Waals surface area contributed by atoms with E-state index in [9.17, 15) is 9.59 Å². The van der Waals surface area contributed by atoms with Crippen molar-refractivity contribution in [1.29, 1.82) is 0 Å². The summed E-state index contributed by atoms with van der Waals surface area (Å²) < 4.78 is 9.68. The number of carbonyl (C=O) groups is 2. The third kappa shape index (κ3) is 1.66. The first-order chi connectivity index (χ1) is 6.49. The van der Waals surface area contributed by atoms with Gasteiger partial charge in [-0.05, 0) is 5.92 Å². The quantitative estimate of drug-likeness (QED) is 0.615. The van der Waals surface area contributed by atoms with Crippen molar-refractivity contribution in [2.24, 2.45) is 5.92 Å². The smallest absolute Gasteiger partial charge is 0.410 e. The first-order valence-corrected chi connectivity index (χ1v) is 4.50. The van der Waals surface area contributed by atoms with E-state index in [2.05, 4.69) is 4.74 Å². The lowest BCUT2D eigenvalue weighted by atomic mass is 10.00. The Bertz CT molecular complexity index is 251. The minimum Gasteiger partial charge on any atom is -0.467 e. The molecule has 2 unspecified atom stereocenters. The molecule has 14 heavy (non-hydrogen) atoms. The first-order valence-electron chi connectivity index (χ1n) is 4.50. The number of carbonyl (C=O) groups excluding carboxylic acids is 2. The van der Waals surface area contributed by atoms with Gasteiger partial charge in [0, 0.05) is 7.05 Å². The molecule has 5 heteroatoms. The van der Waals surface area contributed by atoms with Crippen LogP contribution < -0.4 is 0 Å². The molecule has 0 N–H and O–H groups in total. The van der Waals surface area contributed by atoms with Crippen LogP contribution in [0, 0.1) is 5.92 Å². The van der Waals surface area contributed by atoms with Crippen LogP contribution >= 0.6 is 0 Å². The molecule has 1 amide bonds. The van der Waals surface area contributed by atoms with E-state index >= 15 is 0 Å². The maximum Gasteiger partial charge on any atom is 0.410 e. The molecule has 0 aromatic carbocycles. The number of nitrogens with zero attached hydrogens (tertiary/aromatic N) is 1. The van der Waals surface area contributed by atoms with Crippen molar-refractivity contribution in [1.82, 2.24) is 4.90 Å². The summed E-state index contributed by atoms with van der Waals surface area (Å²) in [7, 11) is 2.84. The molecule has 0 aliphatic carbocycles. The summed E-state index contributed by atoms with van der Waals surface area (Å²) in [4.78, 5) is 23.9. The van der Waals surface area contributed by atoms with E-state index in [1.807, 2.05) is 13.8 Å². The van der Waals surface area contributed by atoms with Gasteiger partial charge in [0.25, 0.3) is 0 Å². The van der Waals surface area contributed by atoms with Crippen LogP contribution in [0.5, 0.6) is 0 Å². The molecule has 2 atom stereocenters. The Balaban J connectivity index is 2.86. The Kier molecular flexibility index (Phi) is 2.98. The Hall–Kier alpha value is -1.26. The van der Waals surface area contributed by atoms with Gasteiger partial charge in [-0.1, -0.05) is 13.8 Å². The molecule has 1 aliphatic rings. The molecule has 0 spiro atoms. The predicted octanol–water partition coefficient (Wildman–Crippen LogP) is 0.635. The fourth-order valence-electron chi connectivity index (χ4n) is 1.51. The molecular formula is C9H15NO4. The van der Waals surface area contributed by atoms with Gasteiger partial charge >= 0.3 is 12.1 Å². The molecule has 80 valence electrons. The lowest BCUT2D eigenvalue weighted by molar-refractivity contribution is -0.146. The van der Waals surface area contributed by atoms with Crippen LogP contribution in [0.2, 0.25) is 0 Å². The molecule has 5 nitrogen and oxygen atoms in total. The molecule has 0 aromatic heterocycles. The summed E-state index contributed by atoms with van der Waals surface area (Å²) in [5.74, 6) is -0.343. The van der Waals surface area contributed by atoms with Crippen LogP contribution in [0.3, 0.4) is 0 Å². The van der Waals surface area contributed by atoms with Gasteiger partial charge in [0.2, 0.25) is 0 Å². The second-order valence-electron chi connectivity index (χ2n) is 3.67. The molecule has 0 radical (unpaired) electrons. The Morgan fingerprint density at radius 1 is 1.57 bits per heavy atom. The van der Waals surface area contributed by atoms with Crippen LogP contribution in [0.25, 0.3) is 0 Å². The van der Waals surface area contributed by atoms with E-state index in [1.54, 1.807) is 0 Å². The molecule has 1 aliphatic heterocycles. The molecule has 1 saturated heterocycles. The number of amides is 1. The average molecular weight is 201 g/mol. The van der Waals surface area contributed by atoms with Crippen molar-refractivity contribution >= 4 is 12.1 Å². The standard InChI is InChI=1S/C9H15NO4/c1-5(2)7-6(8(11)13-4)10(3)9(12)14-7/h5-7H,1-4H3. The number of hydrogen-bond donors (Lipinski definition) is 0. The number of rotatable bonds is 2. The van der Waals surface area contributed by atoms with Crippen LogP contribution in [0.15, 0.2) is 0 Å². The summed E-state index contributed by atoms with van der Waals surface area (Å²) >= 11 is 0. The summed E-state index contributed by atoms with van der Waals surface area (Å²) in [6, 6.07) is -0.618. The van der Waals surface area contributed by atoms with Crippen LogP contribution in [-0.4, -0.2) is 43.3 Å². The summed E-state index contributed by atoms with van der Waals surface area (Å²) in [6.45, 7) is 3.79. The van der Waals surface area contributed by atoms with Gasteiger partial charge in [0.05, 0.1) is 7.11 Å². The van der Waals surface area contributed by atoms with E-state index < -0.39 is 24.2 Å². The molecule has 1 fully saturated rings. The van der Waals surface area contributed by atoms with Gasteiger partial charge in [-0.25, -0.2) is 9.59 Å². The molecular weight excluding hydrogens is 186 g/mol. The highest BCUT2D eigenvalue weighted by Gasteiger charge is 2.46. The summed E-state index contributed by atoms with van der Waals surface area (Å²) in [5, 5.41) is 0. The third-order valence-corrected chi connectivity index (χ3v) is 2.35. The monoisotopic (exact) mass is 201 g/mol. The predicted molar refractivity (Wildman–Crippen MR) is 48.7 cm³/mol. The highest BCUT2D eigenvalue weighted by molar-refractivity contribution is 5.84. The van der Waals surface area contributed by atoms with Gasteiger partial charge < -0.3 is 9.47 Å². The zero-order valence-corrected chi connectivity index (χ0v) is 8.81. The highest BCUT2D eigenvalue weighted by Crippen LogP contribution is 2.24. The van der Waals surface area contributed by atoms with Gasteiger partial charge in [-0.3, -0.25) is 4.90 Å². The van der Waals surface area contributed by atoms with Crippen molar-refractivity contribution in [2.45, 2.75) is 26.0 Å². The zero-order valence-electron chi connectivity index (χ0n) is 8.81. The van der Waals surface area contributed by atoms with Crippen molar-refractivity contribution in [2.75, 3.05) is 14.2 Å². The zero-order chi connectivity index (χ0) is 10.9. The maximum absolute atomic E-state index is 11.4. The molecule has 1 rings (SSSR count). The second kappa shape index (κ2) is 3.86. The number of likely N-dealkylation sites (N-methyl/N-ethyl adjacent to an activating group) is 1.